The van der Waals surface area contributed by atoms with Crippen molar-refractivity contribution >= 4 is 4.40 Å². The third-order valence-electron chi connectivity index (χ3n) is 3.18. The van der Waals surface area contributed by atoms with Crippen molar-refractivity contribution in [2.45, 2.75) is 33.1 Å². The average Bonchev–Trinajstić information content (AvgIpc) is 2.68. The van der Waals surface area contributed by atoms with E-state index in [4.69, 9.17) is 0 Å². The van der Waals surface area contributed by atoms with Gasteiger partial charge in [0.15, 0.2) is 0 Å². The predicted molar refractivity (Wildman–Crippen MR) is 74.8 cm³/mol. The van der Waals surface area contributed by atoms with Crippen LogP contribution in [0.1, 0.15) is 30.8 Å². The fourth-order valence-electron chi connectivity index (χ4n) is 1.94. The summed E-state index contributed by atoms with van der Waals surface area (Å²) in [6.07, 6.45) is 0. The van der Waals surface area contributed by atoms with E-state index in [-0.39, 0.29) is 23.8 Å². The average molecular weight is 322 g/mol. The van der Waals surface area contributed by atoms with Gasteiger partial charge in [0, 0.05) is 0 Å². The number of aryl methyl sites for hydroxylation is 2. The van der Waals surface area contributed by atoms with Gasteiger partial charge in [-0.2, -0.15) is 0 Å². The number of hydrogen-bond acceptors (Lipinski definition) is 0. The maximum absolute atomic E-state index is 2.52. The number of nitrogens with zero attached hydrogens (tertiary/aromatic N) is 1. The van der Waals surface area contributed by atoms with Gasteiger partial charge in [-0.1, -0.05) is 0 Å². The fourth-order valence-corrected chi connectivity index (χ4v) is 4.30. The zero-order chi connectivity index (χ0) is 13.2. The first-order chi connectivity index (χ1) is 8.50. The van der Waals surface area contributed by atoms with Gasteiger partial charge in [-0.25, -0.2) is 0 Å². The number of hydrogen-bond donors (Lipinski definition) is 0. The van der Waals surface area contributed by atoms with Crippen molar-refractivity contribution in [2.24, 2.45) is 0 Å². The summed E-state index contributed by atoms with van der Waals surface area (Å²) in [5.74, 6) is 0. The molecule has 0 aliphatic carbocycles. The normalized spacial score (nSPS) is 12.2. The molecule has 0 atom stereocenters. The Morgan fingerprint density at radius 2 is 1.50 bits per heavy atom. The molecule has 95 valence electrons. The second-order valence-corrected chi connectivity index (χ2v) is 7.22. The fraction of sp³-hybridized carbons (Fsp3) is 0.312. The minimum atomic E-state index is -0.297. The predicted octanol–water partition coefficient (Wildman–Crippen LogP) is 3.73. The van der Waals surface area contributed by atoms with Gasteiger partial charge in [0.1, 0.15) is 0 Å². The van der Waals surface area contributed by atoms with Gasteiger partial charge >= 0.3 is 118 Å². The Hall–Kier alpha value is -0.942. The molecule has 2 heteroatoms. The van der Waals surface area contributed by atoms with E-state index in [1.165, 1.54) is 17.0 Å². The van der Waals surface area contributed by atoms with Crippen LogP contribution >= 0.6 is 0 Å². The number of rotatable bonds is 3. The van der Waals surface area contributed by atoms with E-state index in [9.17, 15) is 0 Å². The van der Waals surface area contributed by atoms with Gasteiger partial charge in [0.05, 0.1) is 0 Å². The molecule has 0 bridgehead atoms. The topological polar surface area (TPSA) is 4.93 Å². The van der Waals surface area contributed by atoms with Crippen molar-refractivity contribution < 1.29 is 18.4 Å². The van der Waals surface area contributed by atoms with Crippen LogP contribution in [-0.4, -0.2) is 7.53 Å². The Kier molecular flexibility index (Phi) is 4.02. The summed E-state index contributed by atoms with van der Waals surface area (Å²) in [6, 6.07) is 15.2. The van der Waals surface area contributed by atoms with E-state index in [2.05, 4.69) is 77.7 Å². The molecule has 0 saturated heterocycles. The van der Waals surface area contributed by atoms with Crippen LogP contribution in [0.4, 0.5) is 0 Å². The molecule has 0 fully saturated rings. The van der Waals surface area contributed by atoms with Crippen LogP contribution in [0.15, 0.2) is 42.5 Å². The molecule has 1 aromatic heterocycles. The zero-order valence-corrected chi connectivity index (χ0v) is 13.5. The van der Waals surface area contributed by atoms with Crippen LogP contribution in [-0.2, 0) is 23.8 Å². The molecule has 0 N–H and O–H groups in total. The summed E-state index contributed by atoms with van der Waals surface area (Å²) in [5.41, 5.74) is 4.33. The second kappa shape index (κ2) is 5.36. The third kappa shape index (κ3) is 2.90. The molecule has 2 aromatic rings. The molecule has 18 heavy (non-hydrogen) atoms. The summed E-state index contributed by atoms with van der Waals surface area (Å²) in [7, 11) is 0. The van der Waals surface area contributed by atoms with Gasteiger partial charge in [-0.05, 0) is 0 Å². The van der Waals surface area contributed by atoms with Crippen LogP contribution in [0.2, 0.25) is 0 Å². The van der Waals surface area contributed by atoms with Crippen LogP contribution in [0, 0.1) is 13.8 Å². The molecule has 0 aliphatic heterocycles. The van der Waals surface area contributed by atoms with Gasteiger partial charge in [0.25, 0.3) is 0 Å². The maximum atomic E-state index is 2.52. The van der Waals surface area contributed by atoms with Gasteiger partial charge in [-0.3, -0.25) is 0 Å². The molecule has 0 spiro atoms. The number of benzene rings is 1. The second-order valence-electron chi connectivity index (χ2n) is 5.22. The van der Waals surface area contributed by atoms with Crippen molar-refractivity contribution in [1.29, 1.82) is 0 Å². The molecule has 0 saturated carbocycles. The first-order valence-corrected chi connectivity index (χ1v) is 8.28. The van der Waals surface area contributed by atoms with Crippen molar-refractivity contribution in [3.63, 3.8) is 0 Å². The molecule has 1 heterocycles. The van der Waals surface area contributed by atoms with E-state index in [1.54, 1.807) is 0 Å². The van der Waals surface area contributed by atoms with Gasteiger partial charge < -0.3 is 0 Å². The Morgan fingerprint density at radius 3 is 2.06 bits per heavy atom. The van der Waals surface area contributed by atoms with Crippen molar-refractivity contribution in [3.05, 3.63) is 59.4 Å². The van der Waals surface area contributed by atoms with E-state index >= 15 is 0 Å². The summed E-state index contributed by atoms with van der Waals surface area (Å²) in [4.78, 5) is 0. The standard InChI is InChI=1S/C10H12.C6H8N.Mo/c1-10(2,3)9-7-5-4-6-8-9;1-5-3-4-6(2)7-5;/h1,4-8H,2-3H3;3-4H,1-2H3;/q;-1;+1. The van der Waals surface area contributed by atoms with Gasteiger partial charge in [0.2, 0.25) is 0 Å². The molecule has 0 unspecified atom stereocenters. The van der Waals surface area contributed by atoms with Gasteiger partial charge in [-0.15, -0.1) is 0 Å². The summed E-state index contributed by atoms with van der Waals surface area (Å²) in [6.45, 7) is 9.00. The summed E-state index contributed by atoms with van der Waals surface area (Å²) in [5, 5.41) is 0. The zero-order valence-electron chi connectivity index (χ0n) is 11.5. The molecule has 0 aliphatic rings. The third-order valence-corrected chi connectivity index (χ3v) is 6.82. The summed E-state index contributed by atoms with van der Waals surface area (Å²) < 4.78 is 5.00. The molecule has 1 aromatic carbocycles. The SMILES string of the molecule is Cc1ccc(C)[n]1[Mo]=[CH]C(C)(C)c1ccccc1. The molecular formula is C16H20MoN. The quantitative estimate of drug-likeness (QED) is 0.759. The van der Waals surface area contributed by atoms with E-state index in [0.29, 0.717) is 0 Å². The van der Waals surface area contributed by atoms with E-state index < -0.39 is 0 Å². The van der Waals surface area contributed by atoms with Crippen LogP contribution in [0.5, 0.6) is 0 Å². The molecule has 1 nitrogen and oxygen atoms in total. The van der Waals surface area contributed by atoms with Crippen molar-refractivity contribution in [3.8, 4) is 0 Å². The van der Waals surface area contributed by atoms with Crippen LogP contribution in [0.3, 0.4) is 0 Å². The van der Waals surface area contributed by atoms with E-state index in [1.807, 2.05) is 0 Å². The Balaban J connectivity index is 2.29. The van der Waals surface area contributed by atoms with Crippen molar-refractivity contribution in [2.75, 3.05) is 0 Å². The Bertz CT molecular complexity index is 530. The summed E-state index contributed by atoms with van der Waals surface area (Å²) >= 11 is -0.297. The monoisotopic (exact) mass is 324 g/mol. The van der Waals surface area contributed by atoms with Crippen molar-refractivity contribution in [1.82, 2.24) is 3.13 Å². The molecular weight excluding hydrogens is 302 g/mol. The Labute approximate surface area is 118 Å². The number of aromatic nitrogens is 1. The Morgan fingerprint density at radius 1 is 0.944 bits per heavy atom. The minimum absolute atomic E-state index is 0.159. The van der Waals surface area contributed by atoms with Crippen LogP contribution in [0.25, 0.3) is 0 Å². The van der Waals surface area contributed by atoms with E-state index in [0.717, 1.165) is 0 Å². The first kappa shape index (κ1) is 13.5. The molecule has 2 rings (SSSR count). The molecule has 0 amide bonds. The molecule has 0 radical (unpaired) electrons. The first-order valence-electron chi connectivity index (χ1n) is 6.23. The van der Waals surface area contributed by atoms with Crippen LogP contribution < -0.4 is 0 Å².